The first-order valence-electron chi connectivity index (χ1n) is 18.1. The lowest BCUT2D eigenvalue weighted by Crippen LogP contribution is -2.66. The largest absolute Gasteiger partial charge is 0.497 e. The summed E-state index contributed by atoms with van der Waals surface area (Å²) in [5.41, 5.74) is -1.51. The summed E-state index contributed by atoms with van der Waals surface area (Å²) in [6, 6.07) is 7.33. The molecule has 0 radical (unpaired) electrons. The number of benzene rings is 1. The topological polar surface area (TPSA) is 187 Å². The van der Waals surface area contributed by atoms with Gasteiger partial charge in [-0.25, -0.2) is 4.68 Å². The van der Waals surface area contributed by atoms with Crippen LogP contribution in [0.1, 0.15) is 87.0 Å². The first-order chi connectivity index (χ1) is 24.1. The molecule has 14 nitrogen and oxygen atoms in total. The van der Waals surface area contributed by atoms with Crippen molar-refractivity contribution in [2.45, 2.75) is 123 Å². The van der Waals surface area contributed by atoms with Crippen LogP contribution in [0.4, 0.5) is 0 Å². The van der Waals surface area contributed by atoms with Crippen molar-refractivity contribution in [3.63, 3.8) is 0 Å². The second-order valence-electron chi connectivity index (χ2n) is 15.1. The van der Waals surface area contributed by atoms with E-state index in [2.05, 4.69) is 20.9 Å². The van der Waals surface area contributed by atoms with Crippen LogP contribution in [0, 0.1) is 10.8 Å². The van der Waals surface area contributed by atoms with Crippen LogP contribution in [0.25, 0.3) is 11.3 Å². The fourth-order valence-corrected chi connectivity index (χ4v) is 6.39. The molecule has 5 unspecified atom stereocenters. The molecule has 0 bridgehead atoms. The molecular formula is C37H61N5O9. The highest BCUT2D eigenvalue weighted by molar-refractivity contribution is 5.85. The summed E-state index contributed by atoms with van der Waals surface area (Å²) in [4.78, 5) is 25.9. The maximum Gasteiger partial charge on any atom is 0.225 e. The number of aliphatic hydroxyl groups is 3. The minimum absolute atomic E-state index is 0.0779. The van der Waals surface area contributed by atoms with Gasteiger partial charge in [0.2, 0.25) is 11.8 Å². The number of nitrogens with one attached hydrogen (secondary N) is 2. The van der Waals surface area contributed by atoms with Crippen molar-refractivity contribution in [3.8, 4) is 17.0 Å². The fraction of sp³-hybridized carbons (Fsp3) is 0.730. The number of ether oxygens (including phenoxy) is 4. The molecule has 5 atom stereocenters. The van der Waals surface area contributed by atoms with E-state index < -0.39 is 47.6 Å². The standard InChI is InChI=1S/C37H61N5O9/c1-25(2)49-20-14-18-39-33(47)36(5,6)24-35(3,4)32(46)38-17-11-9-10-12-19-50-34-37(7,31(45)30(44)29(23-43)51-34)42-22-28(40-41-42)26-15-13-16-27(21-26)48-8/h13,15-16,21-22,25,29-31,34,43-45H,9-12,14,17-20,23-24H2,1-8H3,(H,38,46)(H,39,47). The minimum atomic E-state index is -1.38. The van der Waals surface area contributed by atoms with Gasteiger partial charge >= 0.3 is 0 Å². The van der Waals surface area contributed by atoms with Crippen molar-refractivity contribution < 1.29 is 43.9 Å². The van der Waals surface area contributed by atoms with E-state index in [0.717, 1.165) is 31.2 Å². The lowest BCUT2D eigenvalue weighted by Gasteiger charge is -2.48. The van der Waals surface area contributed by atoms with Crippen LogP contribution in [-0.2, 0) is 29.3 Å². The van der Waals surface area contributed by atoms with Crippen LogP contribution in [-0.4, -0.2) is 113 Å². The van der Waals surface area contributed by atoms with E-state index in [1.807, 2.05) is 65.8 Å². The molecule has 0 saturated carbocycles. The molecule has 1 fully saturated rings. The number of carbonyl (C=O) groups excluding carboxylic acids is 2. The van der Waals surface area contributed by atoms with Gasteiger partial charge in [0.25, 0.3) is 0 Å². The molecule has 51 heavy (non-hydrogen) atoms. The van der Waals surface area contributed by atoms with Gasteiger partial charge in [0.05, 0.1) is 26.0 Å². The van der Waals surface area contributed by atoms with Gasteiger partial charge in [-0.1, -0.05) is 57.9 Å². The molecule has 0 spiro atoms. The van der Waals surface area contributed by atoms with Crippen LogP contribution in [0.15, 0.2) is 30.5 Å². The predicted octanol–water partition coefficient (Wildman–Crippen LogP) is 3.17. The van der Waals surface area contributed by atoms with Crippen molar-refractivity contribution >= 4 is 11.8 Å². The third kappa shape index (κ3) is 11.4. The number of nitrogens with zero attached hydrogens (tertiary/aromatic N) is 3. The number of unbranched alkanes of at least 4 members (excludes halogenated alkanes) is 3. The molecule has 2 aromatic rings. The van der Waals surface area contributed by atoms with E-state index in [1.165, 1.54) is 4.68 Å². The summed E-state index contributed by atoms with van der Waals surface area (Å²) in [5.74, 6) is 0.488. The molecule has 288 valence electrons. The number of aliphatic hydroxyl groups excluding tert-OH is 3. The maximum atomic E-state index is 13.1. The molecule has 14 heteroatoms. The normalized spacial score (nSPS) is 22.6. The summed E-state index contributed by atoms with van der Waals surface area (Å²) in [6.45, 7) is 14.5. The first-order valence-corrected chi connectivity index (χ1v) is 18.1. The zero-order valence-electron chi connectivity index (χ0n) is 31.7. The molecular weight excluding hydrogens is 658 g/mol. The average Bonchev–Trinajstić information content (AvgIpc) is 3.59. The molecule has 5 N–H and O–H groups in total. The van der Waals surface area contributed by atoms with E-state index in [9.17, 15) is 24.9 Å². The second-order valence-corrected chi connectivity index (χ2v) is 15.1. The summed E-state index contributed by atoms with van der Waals surface area (Å²) in [5, 5.41) is 46.4. The number of hydrogen-bond donors (Lipinski definition) is 5. The van der Waals surface area contributed by atoms with Crippen molar-refractivity contribution in [1.29, 1.82) is 0 Å². The number of rotatable bonds is 21. The van der Waals surface area contributed by atoms with Crippen LogP contribution in [0.5, 0.6) is 5.75 Å². The van der Waals surface area contributed by atoms with Crippen LogP contribution < -0.4 is 15.4 Å². The monoisotopic (exact) mass is 719 g/mol. The van der Waals surface area contributed by atoms with Crippen LogP contribution >= 0.6 is 0 Å². The van der Waals surface area contributed by atoms with E-state index in [1.54, 1.807) is 20.2 Å². The Kier molecular flexibility index (Phi) is 15.8. The van der Waals surface area contributed by atoms with Crippen molar-refractivity contribution in [3.05, 3.63) is 30.5 Å². The molecule has 1 aromatic carbocycles. The first kappa shape index (κ1) is 42.3. The molecule has 2 amide bonds. The Labute approximate surface area is 302 Å². The number of carbonyl (C=O) groups is 2. The summed E-state index contributed by atoms with van der Waals surface area (Å²) in [6.07, 6.45) is 1.21. The zero-order chi connectivity index (χ0) is 37.8. The molecule has 1 aliphatic rings. The summed E-state index contributed by atoms with van der Waals surface area (Å²) in [7, 11) is 1.58. The SMILES string of the molecule is COc1cccc(-c2cn(C3(C)C(OCCCCCCNC(=O)C(C)(C)CC(C)(C)C(=O)NCCCOC(C)C)OC(CO)C(O)C3O)nn2)c1. The Hall–Kier alpha value is -3.14. The Morgan fingerprint density at radius 1 is 1.00 bits per heavy atom. The Bertz CT molecular complexity index is 1380. The highest BCUT2D eigenvalue weighted by Crippen LogP contribution is 2.37. The Balaban J connectivity index is 1.46. The van der Waals surface area contributed by atoms with Crippen LogP contribution in [0.3, 0.4) is 0 Å². The molecule has 1 aliphatic heterocycles. The van der Waals surface area contributed by atoms with E-state index in [0.29, 0.717) is 50.6 Å². The Morgan fingerprint density at radius 3 is 2.27 bits per heavy atom. The van der Waals surface area contributed by atoms with Gasteiger partial charge in [-0.15, -0.1) is 5.10 Å². The van der Waals surface area contributed by atoms with Crippen molar-refractivity contribution in [2.24, 2.45) is 10.8 Å². The van der Waals surface area contributed by atoms with E-state index in [-0.39, 0.29) is 17.9 Å². The van der Waals surface area contributed by atoms with Crippen LogP contribution in [0.2, 0.25) is 0 Å². The molecule has 0 aliphatic carbocycles. The van der Waals surface area contributed by atoms with Gasteiger partial charge < -0.3 is 44.9 Å². The Morgan fingerprint density at radius 2 is 1.65 bits per heavy atom. The summed E-state index contributed by atoms with van der Waals surface area (Å²) >= 11 is 0. The van der Waals surface area contributed by atoms with E-state index in [4.69, 9.17) is 18.9 Å². The zero-order valence-corrected chi connectivity index (χ0v) is 31.7. The van der Waals surface area contributed by atoms with Gasteiger partial charge in [0, 0.05) is 42.7 Å². The van der Waals surface area contributed by atoms with Gasteiger partial charge in [-0.3, -0.25) is 9.59 Å². The second kappa shape index (κ2) is 19.1. The highest BCUT2D eigenvalue weighted by atomic mass is 16.7. The highest BCUT2D eigenvalue weighted by Gasteiger charge is 2.55. The van der Waals surface area contributed by atoms with Crippen molar-refractivity contribution in [2.75, 3.05) is 40.0 Å². The number of aromatic nitrogens is 3. The fourth-order valence-electron chi connectivity index (χ4n) is 6.39. The predicted molar refractivity (Wildman–Crippen MR) is 192 cm³/mol. The lowest BCUT2D eigenvalue weighted by atomic mass is 9.74. The minimum Gasteiger partial charge on any atom is -0.497 e. The molecule has 1 aromatic heterocycles. The molecule has 1 saturated heterocycles. The smallest absolute Gasteiger partial charge is 0.225 e. The third-order valence-electron chi connectivity index (χ3n) is 9.41. The quantitative estimate of drug-likeness (QED) is 0.119. The number of amides is 2. The lowest BCUT2D eigenvalue weighted by molar-refractivity contribution is -0.311. The van der Waals surface area contributed by atoms with Gasteiger partial charge in [0.15, 0.2) is 6.29 Å². The van der Waals surface area contributed by atoms with Gasteiger partial charge in [0.1, 0.15) is 35.3 Å². The molecule has 2 heterocycles. The summed E-state index contributed by atoms with van der Waals surface area (Å²) < 4.78 is 24.4. The van der Waals surface area contributed by atoms with Gasteiger partial charge in [-0.05, 0) is 58.6 Å². The van der Waals surface area contributed by atoms with Gasteiger partial charge in [-0.2, -0.15) is 0 Å². The average molecular weight is 720 g/mol. The van der Waals surface area contributed by atoms with E-state index >= 15 is 0 Å². The third-order valence-corrected chi connectivity index (χ3v) is 9.41. The molecule has 3 rings (SSSR count). The maximum absolute atomic E-state index is 13.1. The van der Waals surface area contributed by atoms with Crippen molar-refractivity contribution in [1.82, 2.24) is 25.6 Å². The number of methoxy groups -OCH3 is 1. The number of hydrogen-bond acceptors (Lipinski definition) is 11.